The minimum Gasteiger partial charge on any atom is -0.373 e. The van der Waals surface area contributed by atoms with Gasteiger partial charge in [0.15, 0.2) is 0 Å². The molecule has 1 aromatic rings. The van der Waals surface area contributed by atoms with Crippen LogP contribution in [0, 0.1) is 5.92 Å². The van der Waals surface area contributed by atoms with Crippen LogP contribution < -0.4 is 5.32 Å². The van der Waals surface area contributed by atoms with E-state index in [-0.39, 0.29) is 0 Å². The van der Waals surface area contributed by atoms with Gasteiger partial charge in [0.05, 0.1) is 12.7 Å². The molecular weight excluding hydrogens is 236 g/mol. The molecule has 2 unspecified atom stereocenters. The third kappa shape index (κ3) is 4.20. The van der Waals surface area contributed by atoms with Gasteiger partial charge in [0.2, 0.25) is 0 Å². The van der Waals surface area contributed by atoms with Crippen molar-refractivity contribution in [3.63, 3.8) is 0 Å². The number of anilines is 1. The average molecular weight is 262 g/mol. The molecule has 1 aliphatic carbocycles. The van der Waals surface area contributed by atoms with Crippen molar-refractivity contribution in [3.8, 4) is 0 Å². The Hall–Kier alpha value is -1.09. The number of nitrogens with zero attached hydrogens (tertiary/aromatic N) is 1. The fourth-order valence-electron chi connectivity index (χ4n) is 2.68. The molecule has 3 heteroatoms. The first-order chi connectivity index (χ1) is 9.31. The summed E-state index contributed by atoms with van der Waals surface area (Å²) in [6.45, 7) is 6.11. The minimum atomic E-state index is 0.424. The Bertz CT molecular complexity index is 381. The summed E-state index contributed by atoms with van der Waals surface area (Å²) in [4.78, 5) is 4.41. The van der Waals surface area contributed by atoms with Crippen molar-refractivity contribution in [1.29, 1.82) is 0 Å². The number of aromatic nitrogens is 1. The molecule has 0 radical (unpaired) electrons. The highest BCUT2D eigenvalue weighted by Crippen LogP contribution is 2.27. The van der Waals surface area contributed by atoms with Crippen molar-refractivity contribution < 1.29 is 4.74 Å². The molecule has 0 saturated heterocycles. The Morgan fingerprint density at radius 1 is 1.37 bits per heavy atom. The first-order valence-corrected chi connectivity index (χ1v) is 7.60. The van der Waals surface area contributed by atoms with Gasteiger partial charge in [-0.3, -0.25) is 0 Å². The van der Waals surface area contributed by atoms with Crippen LogP contribution in [0.3, 0.4) is 0 Å². The van der Waals surface area contributed by atoms with Gasteiger partial charge in [-0.2, -0.15) is 0 Å². The lowest BCUT2D eigenvalue weighted by Gasteiger charge is -2.29. The van der Waals surface area contributed by atoms with Gasteiger partial charge in [-0.1, -0.05) is 32.8 Å². The Morgan fingerprint density at radius 3 is 3.00 bits per heavy atom. The summed E-state index contributed by atoms with van der Waals surface area (Å²) < 4.78 is 6.12. The first-order valence-electron chi connectivity index (χ1n) is 7.60. The second-order valence-corrected chi connectivity index (χ2v) is 5.55. The average Bonchev–Trinajstić information content (AvgIpc) is 2.45. The maximum Gasteiger partial charge on any atom is 0.131 e. The van der Waals surface area contributed by atoms with Gasteiger partial charge in [-0.15, -0.1) is 0 Å². The molecule has 19 heavy (non-hydrogen) atoms. The number of ether oxygens (including phenoxy) is 1. The molecule has 0 bridgehead atoms. The molecule has 0 spiro atoms. The Labute approximate surface area is 116 Å². The fraction of sp³-hybridized carbons (Fsp3) is 0.688. The van der Waals surface area contributed by atoms with E-state index >= 15 is 0 Å². The van der Waals surface area contributed by atoms with Crippen LogP contribution in [0.2, 0.25) is 0 Å². The van der Waals surface area contributed by atoms with Crippen LogP contribution >= 0.6 is 0 Å². The minimum absolute atomic E-state index is 0.424. The summed E-state index contributed by atoms with van der Waals surface area (Å²) in [5.41, 5.74) is 1.17. The normalized spacial score (nSPS) is 23.3. The number of pyridine rings is 1. The van der Waals surface area contributed by atoms with E-state index in [2.05, 4.69) is 30.2 Å². The smallest absolute Gasteiger partial charge is 0.131 e. The number of hydrogen-bond acceptors (Lipinski definition) is 3. The van der Waals surface area contributed by atoms with Gasteiger partial charge in [-0.25, -0.2) is 4.98 Å². The molecule has 106 valence electrons. The van der Waals surface area contributed by atoms with Gasteiger partial charge >= 0.3 is 0 Å². The lowest BCUT2D eigenvalue weighted by Crippen LogP contribution is -2.25. The van der Waals surface area contributed by atoms with Crippen molar-refractivity contribution in [2.24, 2.45) is 5.92 Å². The molecule has 1 aliphatic rings. The molecule has 1 heterocycles. The molecule has 2 atom stereocenters. The van der Waals surface area contributed by atoms with E-state index in [9.17, 15) is 0 Å². The predicted octanol–water partition coefficient (Wildman–Crippen LogP) is 4.00. The molecule has 1 N–H and O–H groups in total. The monoisotopic (exact) mass is 262 g/mol. The molecule has 0 aliphatic heterocycles. The fourth-order valence-corrected chi connectivity index (χ4v) is 2.68. The second kappa shape index (κ2) is 7.49. The van der Waals surface area contributed by atoms with Crippen LogP contribution in [0.1, 0.15) is 51.5 Å². The first kappa shape index (κ1) is 14.3. The van der Waals surface area contributed by atoms with E-state index in [1.165, 1.54) is 31.2 Å². The summed E-state index contributed by atoms with van der Waals surface area (Å²) in [6, 6.07) is 4.10. The highest BCUT2D eigenvalue weighted by molar-refractivity contribution is 5.43. The topological polar surface area (TPSA) is 34.2 Å². The molecule has 3 nitrogen and oxygen atoms in total. The van der Waals surface area contributed by atoms with Gasteiger partial charge < -0.3 is 10.1 Å². The van der Waals surface area contributed by atoms with E-state index in [1.54, 1.807) is 0 Å². The van der Waals surface area contributed by atoms with Crippen LogP contribution in [-0.4, -0.2) is 17.6 Å². The molecule has 1 saturated carbocycles. The lowest BCUT2D eigenvalue weighted by molar-refractivity contribution is -0.0153. The van der Waals surface area contributed by atoms with Gasteiger partial charge in [0, 0.05) is 18.3 Å². The maximum absolute atomic E-state index is 6.12. The van der Waals surface area contributed by atoms with E-state index in [0.717, 1.165) is 18.8 Å². The SMILES string of the molecule is CCCNc1ncccc1COC1CCCCC1C. The summed E-state index contributed by atoms with van der Waals surface area (Å²) >= 11 is 0. The van der Waals surface area contributed by atoms with Gasteiger partial charge in [0.1, 0.15) is 5.82 Å². The standard InChI is InChI=1S/C16H26N2O/c1-3-10-17-16-14(8-6-11-18-16)12-19-15-9-5-4-7-13(15)2/h6,8,11,13,15H,3-5,7,9-10,12H2,1-2H3,(H,17,18). The predicted molar refractivity (Wildman–Crippen MR) is 79.2 cm³/mol. The van der Waals surface area contributed by atoms with Crippen molar-refractivity contribution >= 4 is 5.82 Å². The van der Waals surface area contributed by atoms with Crippen LogP contribution in [-0.2, 0) is 11.3 Å². The summed E-state index contributed by atoms with van der Waals surface area (Å²) in [5, 5.41) is 3.37. The zero-order valence-corrected chi connectivity index (χ0v) is 12.2. The number of hydrogen-bond donors (Lipinski definition) is 1. The molecule has 2 rings (SSSR count). The van der Waals surface area contributed by atoms with Crippen molar-refractivity contribution in [2.45, 2.75) is 58.7 Å². The van der Waals surface area contributed by atoms with Crippen LogP contribution in [0.5, 0.6) is 0 Å². The van der Waals surface area contributed by atoms with Gasteiger partial charge in [0.25, 0.3) is 0 Å². The summed E-state index contributed by atoms with van der Waals surface area (Å²) in [6.07, 6.45) is 8.55. The molecule has 1 fully saturated rings. The highest BCUT2D eigenvalue weighted by atomic mass is 16.5. The van der Waals surface area contributed by atoms with E-state index in [1.807, 2.05) is 12.3 Å². The van der Waals surface area contributed by atoms with Crippen molar-refractivity contribution in [2.75, 3.05) is 11.9 Å². The Morgan fingerprint density at radius 2 is 2.21 bits per heavy atom. The number of rotatable bonds is 6. The largest absolute Gasteiger partial charge is 0.373 e. The zero-order valence-electron chi connectivity index (χ0n) is 12.2. The van der Waals surface area contributed by atoms with Crippen LogP contribution in [0.15, 0.2) is 18.3 Å². The summed E-state index contributed by atoms with van der Waals surface area (Å²) in [5.74, 6) is 1.67. The van der Waals surface area contributed by atoms with Crippen LogP contribution in [0.25, 0.3) is 0 Å². The summed E-state index contributed by atoms with van der Waals surface area (Å²) in [7, 11) is 0. The van der Waals surface area contributed by atoms with Crippen molar-refractivity contribution in [3.05, 3.63) is 23.9 Å². The Balaban J connectivity index is 1.91. The highest BCUT2D eigenvalue weighted by Gasteiger charge is 2.22. The van der Waals surface area contributed by atoms with E-state index in [4.69, 9.17) is 4.74 Å². The molecule has 0 amide bonds. The van der Waals surface area contributed by atoms with Gasteiger partial charge in [-0.05, 0) is 31.2 Å². The molecular formula is C16H26N2O. The molecule has 1 aromatic heterocycles. The lowest BCUT2D eigenvalue weighted by atomic mass is 9.88. The zero-order chi connectivity index (χ0) is 13.5. The maximum atomic E-state index is 6.12. The number of nitrogens with one attached hydrogen (secondary N) is 1. The Kier molecular flexibility index (Phi) is 5.64. The third-order valence-electron chi connectivity index (χ3n) is 3.92. The van der Waals surface area contributed by atoms with Crippen molar-refractivity contribution in [1.82, 2.24) is 4.98 Å². The van der Waals surface area contributed by atoms with Crippen LogP contribution in [0.4, 0.5) is 5.82 Å². The molecule has 0 aromatic carbocycles. The second-order valence-electron chi connectivity index (χ2n) is 5.55. The third-order valence-corrected chi connectivity index (χ3v) is 3.92. The van der Waals surface area contributed by atoms with E-state index in [0.29, 0.717) is 18.6 Å². The van der Waals surface area contributed by atoms with E-state index < -0.39 is 0 Å². The quantitative estimate of drug-likeness (QED) is 0.841.